The molecule has 7 nitrogen and oxygen atoms in total. The maximum atomic E-state index is 12.4. The molecule has 0 aliphatic heterocycles. The Morgan fingerprint density at radius 2 is 1.55 bits per heavy atom. The fraction of sp³-hybridized carbons (Fsp3) is 0.561. The number of amides is 1. The summed E-state index contributed by atoms with van der Waals surface area (Å²) in [7, 11) is 0. The lowest BCUT2D eigenvalue weighted by Gasteiger charge is -2.70. The van der Waals surface area contributed by atoms with Crippen LogP contribution < -0.4 is 14.8 Å². The average Bonchev–Trinajstić information content (AvgIpc) is 3.02. The lowest BCUT2D eigenvalue weighted by atomic mass is 9.34. The molecule has 1 N–H and O–H groups in total. The smallest absolute Gasteiger partial charge is 0.308 e. The molecule has 0 bridgehead atoms. The summed E-state index contributed by atoms with van der Waals surface area (Å²) < 4.78 is 11.6. The number of carbonyl (C=O) groups excluding carboxylic acids is 3. The minimum absolute atomic E-state index is 0.0119. The second-order valence-electron chi connectivity index (χ2n) is 16.5. The minimum Gasteiger partial charge on any atom is -0.423 e. The van der Waals surface area contributed by atoms with E-state index < -0.39 is 11.9 Å². The Labute approximate surface area is 295 Å². The maximum absolute atomic E-state index is 12.4. The number of nitrogens with one attached hydrogen (secondary N) is 1. The topological polar surface area (TPSA) is 105 Å². The summed E-state index contributed by atoms with van der Waals surface area (Å²) in [4.78, 5) is 37.5. The van der Waals surface area contributed by atoms with E-state index in [-0.39, 0.29) is 49.7 Å². The van der Waals surface area contributed by atoms with Gasteiger partial charge in [-0.2, -0.15) is 5.26 Å². The van der Waals surface area contributed by atoms with Crippen LogP contribution in [0.4, 0.5) is 5.69 Å². The Morgan fingerprint density at radius 3 is 2.16 bits per heavy atom. The van der Waals surface area contributed by atoms with Crippen LogP contribution in [0.15, 0.2) is 46.9 Å². The van der Waals surface area contributed by atoms with Gasteiger partial charge in [0.1, 0.15) is 0 Å². The molecule has 3 saturated carbocycles. The number of rotatable bonds is 5. The average molecular weight is 683 g/mol. The number of hydrogen-bond acceptors (Lipinski definition) is 7. The van der Waals surface area contributed by atoms with Gasteiger partial charge in [-0.3, -0.25) is 14.4 Å². The molecule has 2 aromatic rings. The zero-order valence-electron chi connectivity index (χ0n) is 30.5. The standard InChI is InChI=1S/C41H50N2O5S/c1-24-35-30(20-31(47-26(3)45)36(24)48-27(4)46)39(7)17-19-41(9)34-22-37(5,23-42)14-15-38(34,6)16-18-40(41,8)33(39)21-32(35)49-29-12-10-28(11-13-29)43-25(2)44/h10-13,20-21,32,34H,14-19,22H2,1-9H3,(H,43,44)/t32?,34-,37-,38-,39+,40-,41+/m1/s1. The lowest BCUT2D eigenvalue weighted by molar-refractivity contribution is -0.152. The van der Waals surface area contributed by atoms with Gasteiger partial charge in [0.2, 0.25) is 5.91 Å². The van der Waals surface area contributed by atoms with Crippen molar-refractivity contribution in [2.45, 2.75) is 123 Å². The first-order valence-corrected chi connectivity index (χ1v) is 18.5. The van der Waals surface area contributed by atoms with E-state index in [9.17, 15) is 19.6 Å². The van der Waals surface area contributed by atoms with Crippen molar-refractivity contribution < 1.29 is 23.9 Å². The van der Waals surface area contributed by atoms with E-state index in [1.54, 1.807) is 11.8 Å². The Hall–Kier alpha value is -3.57. The molecule has 2 aromatic carbocycles. The third kappa shape index (κ3) is 5.70. The van der Waals surface area contributed by atoms with Crippen molar-refractivity contribution in [3.05, 3.63) is 58.7 Å². The monoisotopic (exact) mass is 682 g/mol. The third-order valence-corrected chi connectivity index (χ3v) is 14.4. The number of hydrogen-bond donors (Lipinski definition) is 1. The van der Waals surface area contributed by atoms with Gasteiger partial charge in [-0.1, -0.05) is 39.3 Å². The Balaban J connectivity index is 1.54. The quantitative estimate of drug-likeness (QED) is 0.190. The second-order valence-corrected chi connectivity index (χ2v) is 17.7. The van der Waals surface area contributed by atoms with E-state index in [2.05, 4.69) is 52.1 Å². The van der Waals surface area contributed by atoms with E-state index in [4.69, 9.17) is 9.47 Å². The number of fused-ring (bicyclic) bond motifs is 7. The molecule has 260 valence electrons. The molecule has 0 heterocycles. The molecule has 7 atom stereocenters. The number of esters is 2. The van der Waals surface area contributed by atoms with Gasteiger partial charge < -0.3 is 14.8 Å². The van der Waals surface area contributed by atoms with Crippen molar-refractivity contribution in [3.63, 3.8) is 0 Å². The van der Waals surface area contributed by atoms with E-state index in [1.807, 2.05) is 37.3 Å². The van der Waals surface area contributed by atoms with E-state index in [0.29, 0.717) is 5.92 Å². The summed E-state index contributed by atoms with van der Waals surface area (Å²) in [6.45, 7) is 18.2. The van der Waals surface area contributed by atoms with Crippen LogP contribution in [0.25, 0.3) is 0 Å². The van der Waals surface area contributed by atoms with Crippen molar-refractivity contribution in [2.24, 2.45) is 27.6 Å². The first-order valence-electron chi connectivity index (χ1n) is 17.6. The zero-order valence-corrected chi connectivity index (χ0v) is 31.3. The molecule has 0 radical (unpaired) electrons. The predicted molar refractivity (Wildman–Crippen MR) is 192 cm³/mol. The van der Waals surface area contributed by atoms with Crippen LogP contribution in [0, 0.1) is 45.8 Å². The van der Waals surface area contributed by atoms with Crippen LogP contribution in [0.2, 0.25) is 0 Å². The Bertz CT molecular complexity index is 1810. The summed E-state index contributed by atoms with van der Waals surface area (Å²) >= 11 is 1.73. The fourth-order valence-electron chi connectivity index (χ4n) is 10.3. The number of benzene rings is 2. The number of nitrogens with zero attached hydrogens (tertiary/aromatic N) is 1. The van der Waals surface area contributed by atoms with Gasteiger partial charge in [0, 0.05) is 42.3 Å². The van der Waals surface area contributed by atoms with E-state index in [1.165, 1.54) is 26.3 Å². The maximum Gasteiger partial charge on any atom is 0.308 e. The Morgan fingerprint density at radius 1 is 0.898 bits per heavy atom. The van der Waals surface area contributed by atoms with Crippen LogP contribution in [0.5, 0.6) is 11.5 Å². The number of nitriles is 1. The largest absolute Gasteiger partial charge is 0.423 e. The zero-order chi connectivity index (χ0) is 35.7. The van der Waals surface area contributed by atoms with Crippen LogP contribution >= 0.6 is 11.8 Å². The summed E-state index contributed by atoms with van der Waals surface area (Å²) in [5.41, 5.74) is 4.55. The molecule has 0 aromatic heterocycles. The van der Waals surface area contributed by atoms with Gasteiger partial charge >= 0.3 is 11.9 Å². The molecule has 3 fully saturated rings. The fourth-order valence-corrected chi connectivity index (χ4v) is 11.5. The van der Waals surface area contributed by atoms with Gasteiger partial charge in [0.25, 0.3) is 0 Å². The number of thioether (sulfide) groups is 1. The van der Waals surface area contributed by atoms with Crippen LogP contribution in [-0.2, 0) is 19.8 Å². The summed E-state index contributed by atoms with van der Waals surface area (Å²) in [6.07, 6.45) is 9.60. The highest BCUT2D eigenvalue weighted by Gasteiger charge is 2.67. The summed E-state index contributed by atoms with van der Waals surface area (Å²) in [5, 5.41) is 13.0. The van der Waals surface area contributed by atoms with Crippen LogP contribution in [0.3, 0.4) is 0 Å². The van der Waals surface area contributed by atoms with Crippen molar-refractivity contribution in [1.29, 1.82) is 5.26 Å². The second kappa shape index (κ2) is 12.0. The van der Waals surface area contributed by atoms with Crippen molar-refractivity contribution in [1.82, 2.24) is 0 Å². The summed E-state index contributed by atoms with van der Waals surface area (Å²) in [5.74, 6) is -0.0876. The number of ether oxygens (including phenoxy) is 2. The van der Waals surface area contributed by atoms with E-state index in [0.717, 1.165) is 72.2 Å². The third-order valence-electron chi connectivity index (χ3n) is 13.2. The predicted octanol–water partition coefficient (Wildman–Crippen LogP) is 9.77. The number of carbonyl (C=O) groups is 3. The molecule has 4 aliphatic rings. The highest BCUT2D eigenvalue weighted by atomic mass is 32.2. The van der Waals surface area contributed by atoms with E-state index >= 15 is 0 Å². The van der Waals surface area contributed by atoms with Gasteiger partial charge in [0.15, 0.2) is 11.5 Å². The molecule has 0 spiro atoms. The molecular weight excluding hydrogens is 633 g/mol. The molecule has 8 heteroatoms. The first kappa shape index (κ1) is 35.3. The molecule has 49 heavy (non-hydrogen) atoms. The molecule has 1 unspecified atom stereocenters. The first-order chi connectivity index (χ1) is 22.9. The van der Waals surface area contributed by atoms with Crippen molar-refractivity contribution in [3.8, 4) is 17.6 Å². The molecule has 0 saturated heterocycles. The highest BCUT2D eigenvalue weighted by molar-refractivity contribution is 7.99. The van der Waals surface area contributed by atoms with Gasteiger partial charge in [-0.15, -0.1) is 11.8 Å². The molecular formula is C41H50N2O5S. The van der Waals surface area contributed by atoms with Gasteiger partial charge in [-0.05, 0) is 122 Å². The van der Waals surface area contributed by atoms with Crippen molar-refractivity contribution >= 4 is 35.3 Å². The molecule has 4 aliphatic carbocycles. The summed E-state index contributed by atoms with van der Waals surface area (Å²) in [6, 6.07) is 12.6. The SMILES string of the molecule is CC(=O)Nc1ccc(SC2C=C3[C@@](C)(CC[C@@]4(C)[C@@H]5C[C@](C)(C#N)CC[C@]5(C)CC[C@]34C)c3cc(OC(C)=O)c(OC(C)=O)c(C)c32)cc1. The lowest BCUT2D eigenvalue weighted by Crippen LogP contribution is -2.62. The minimum atomic E-state index is -0.476. The Kier molecular flexibility index (Phi) is 8.66. The highest BCUT2D eigenvalue weighted by Crippen LogP contribution is 2.75. The van der Waals surface area contributed by atoms with Crippen LogP contribution in [-0.4, -0.2) is 17.8 Å². The normalized spacial score (nSPS) is 34.5. The molecule has 1 amide bonds. The van der Waals surface area contributed by atoms with Crippen molar-refractivity contribution in [2.75, 3.05) is 5.32 Å². The van der Waals surface area contributed by atoms with Gasteiger partial charge in [-0.25, -0.2) is 0 Å². The van der Waals surface area contributed by atoms with Crippen LogP contribution in [0.1, 0.15) is 122 Å². The number of allylic oxidation sites excluding steroid dienone is 1. The molecule has 6 rings (SSSR count). The van der Waals surface area contributed by atoms with Gasteiger partial charge in [0.05, 0.1) is 16.7 Å². The number of anilines is 1.